The quantitative estimate of drug-likeness (QED) is 0.860. The topological polar surface area (TPSA) is 35.2 Å². The average molecular weight is 242 g/mol. The summed E-state index contributed by atoms with van der Waals surface area (Å²) in [6.45, 7) is 4.90. The first kappa shape index (κ1) is 13.3. The van der Waals surface area contributed by atoms with Gasteiger partial charge in [-0.15, -0.1) is 0 Å². The number of methoxy groups -OCH3 is 1. The summed E-state index contributed by atoms with van der Waals surface area (Å²) in [7, 11) is 1.70. The Morgan fingerprint density at radius 1 is 1.44 bits per heavy atom. The minimum Gasteiger partial charge on any atom is -0.496 e. The molecule has 1 rings (SSSR count). The second-order valence-corrected chi connectivity index (χ2v) is 4.73. The van der Waals surface area contributed by atoms with Crippen molar-refractivity contribution in [3.05, 3.63) is 28.3 Å². The molecule has 0 aliphatic heterocycles. The van der Waals surface area contributed by atoms with Crippen molar-refractivity contribution < 1.29 is 4.74 Å². The van der Waals surface area contributed by atoms with E-state index in [2.05, 4.69) is 6.92 Å². The first-order valence-electron chi connectivity index (χ1n) is 5.61. The summed E-state index contributed by atoms with van der Waals surface area (Å²) in [5, 5.41) is 0.772. The van der Waals surface area contributed by atoms with Crippen LogP contribution in [0.15, 0.2) is 12.1 Å². The summed E-state index contributed by atoms with van der Waals surface area (Å²) in [6.07, 6.45) is 2.02. The molecule has 90 valence electrons. The number of halogens is 1. The number of nitrogens with two attached hydrogens (primary N) is 1. The molecule has 0 bridgehead atoms. The van der Waals surface area contributed by atoms with Crippen molar-refractivity contribution >= 4 is 11.6 Å². The summed E-state index contributed by atoms with van der Waals surface area (Å²) in [4.78, 5) is 0. The molecule has 3 heteroatoms. The van der Waals surface area contributed by atoms with Crippen LogP contribution in [-0.2, 0) is 6.42 Å². The van der Waals surface area contributed by atoms with Gasteiger partial charge in [0.05, 0.1) is 7.11 Å². The van der Waals surface area contributed by atoms with Crippen LogP contribution in [0.25, 0.3) is 0 Å². The highest BCUT2D eigenvalue weighted by Gasteiger charge is 2.09. The largest absolute Gasteiger partial charge is 0.496 e. The van der Waals surface area contributed by atoms with Crippen LogP contribution < -0.4 is 10.5 Å². The summed E-state index contributed by atoms with van der Waals surface area (Å²) in [6, 6.07) is 3.91. The molecule has 0 saturated heterocycles. The number of hydrogen-bond acceptors (Lipinski definition) is 2. The van der Waals surface area contributed by atoms with E-state index in [1.165, 1.54) is 5.56 Å². The van der Waals surface area contributed by atoms with E-state index in [1.807, 2.05) is 19.1 Å². The van der Waals surface area contributed by atoms with Gasteiger partial charge in [-0.05, 0) is 55.5 Å². The highest BCUT2D eigenvalue weighted by Crippen LogP contribution is 2.29. The molecule has 16 heavy (non-hydrogen) atoms. The lowest BCUT2D eigenvalue weighted by Gasteiger charge is -2.14. The first-order chi connectivity index (χ1) is 7.58. The number of rotatable bonds is 5. The third kappa shape index (κ3) is 3.39. The molecule has 0 saturated carbocycles. The van der Waals surface area contributed by atoms with Crippen molar-refractivity contribution in [1.82, 2.24) is 0 Å². The third-order valence-corrected chi connectivity index (χ3v) is 3.05. The molecule has 0 fully saturated rings. The maximum absolute atomic E-state index is 6.05. The van der Waals surface area contributed by atoms with Crippen LogP contribution in [0.5, 0.6) is 5.75 Å². The van der Waals surface area contributed by atoms with Crippen LogP contribution in [0.4, 0.5) is 0 Å². The second kappa shape index (κ2) is 6.12. The zero-order valence-electron chi connectivity index (χ0n) is 10.2. The van der Waals surface area contributed by atoms with Gasteiger partial charge in [-0.25, -0.2) is 0 Å². The predicted molar refractivity (Wildman–Crippen MR) is 69.3 cm³/mol. The molecule has 1 aromatic rings. The van der Waals surface area contributed by atoms with Crippen LogP contribution >= 0.6 is 11.6 Å². The number of ether oxygens (including phenoxy) is 1. The van der Waals surface area contributed by atoms with Crippen LogP contribution in [0, 0.1) is 12.8 Å². The molecule has 0 aliphatic carbocycles. The Balaban J connectivity index is 2.85. The molecule has 2 N–H and O–H groups in total. The molecule has 0 radical (unpaired) electrons. The maximum Gasteiger partial charge on any atom is 0.125 e. The lowest BCUT2D eigenvalue weighted by molar-refractivity contribution is 0.404. The summed E-state index contributed by atoms with van der Waals surface area (Å²) in [5.74, 6) is 1.48. The fraction of sp³-hybridized carbons (Fsp3) is 0.538. The van der Waals surface area contributed by atoms with Crippen molar-refractivity contribution in [2.75, 3.05) is 13.7 Å². The fourth-order valence-corrected chi connectivity index (χ4v) is 2.09. The van der Waals surface area contributed by atoms with E-state index in [-0.39, 0.29) is 0 Å². The first-order valence-corrected chi connectivity index (χ1v) is 5.99. The summed E-state index contributed by atoms with van der Waals surface area (Å²) in [5.41, 5.74) is 7.87. The van der Waals surface area contributed by atoms with Crippen LogP contribution in [0.2, 0.25) is 5.02 Å². The van der Waals surface area contributed by atoms with Gasteiger partial charge in [0, 0.05) is 5.02 Å². The number of hydrogen-bond donors (Lipinski definition) is 1. The molecular weight excluding hydrogens is 222 g/mol. The van der Waals surface area contributed by atoms with E-state index in [9.17, 15) is 0 Å². The smallest absolute Gasteiger partial charge is 0.125 e. The van der Waals surface area contributed by atoms with Gasteiger partial charge < -0.3 is 10.5 Å². The molecule has 0 heterocycles. The van der Waals surface area contributed by atoms with Crippen LogP contribution in [-0.4, -0.2) is 13.7 Å². The van der Waals surface area contributed by atoms with Gasteiger partial charge in [0.2, 0.25) is 0 Å². The monoisotopic (exact) mass is 241 g/mol. The second-order valence-electron chi connectivity index (χ2n) is 4.29. The fourth-order valence-electron chi connectivity index (χ4n) is 1.80. The highest BCUT2D eigenvalue weighted by atomic mass is 35.5. The van der Waals surface area contributed by atoms with Gasteiger partial charge in [0.15, 0.2) is 0 Å². The van der Waals surface area contributed by atoms with Crippen molar-refractivity contribution in [1.29, 1.82) is 0 Å². The van der Waals surface area contributed by atoms with E-state index in [4.69, 9.17) is 22.1 Å². The normalized spacial score (nSPS) is 12.6. The molecule has 0 aromatic heterocycles. The van der Waals surface area contributed by atoms with Crippen molar-refractivity contribution in [3.63, 3.8) is 0 Å². The molecule has 2 nitrogen and oxygen atoms in total. The Morgan fingerprint density at radius 2 is 2.12 bits per heavy atom. The van der Waals surface area contributed by atoms with E-state index in [0.29, 0.717) is 5.92 Å². The Labute approximate surface area is 103 Å². The average Bonchev–Trinajstić information content (AvgIpc) is 2.25. The Morgan fingerprint density at radius 3 is 2.69 bits per heavy atom. The molecule has 0 aliphatic rings. The third-order valence-electron chi connectivity index (χ3n) is 2.83. The van der Waals surface area contributed by atoms with E-state index in [1.54, 1.807) is 7.11 Å². The van der Waals surface area contributed by atoms with E-state index in [0.717, 1.165) is 35.7 Å². The van der Waals surface area contributed by atoms with Gasteiger partial charge in [-0.2, -0.15) is 0 Å². The standard InChI is InChI=1S/C13H20ClNO/c1-9(8-15)4-5-11-7-12(14)6-10(2)13(11)16-3/h6-7,9H,4-5,8,15H2,1-3H3. The maximum atomic E-state index is 6.05. The minimum absolute atomic E-state index is 0.531. The van der Waals surface area contributed by atoms with Gasteiger partial charge in [0.25, 0.3) is 0 Å². The molecule has 0 amide bonds. The molecule has 1 unspecified atom stereocenters. The lowest BCUT2D eigenvalue weighted by atomic mass is 9.99. The van der Waals surface area contributed by atoms with Crippen molar-refractivity contribution in [2.45, 2.75) is 26.7 Å². The summed E-state index contributed by atoms with van der Waals surface area (Å²) < 4.78 is 5.41. The van der Waals surface area contributed by atoms with Crippen LogP contribution in [0.3, 0.4) is 0 Å². The molecular formula is C13H20ClNO. The zero-order valence-corrected chi connectivity index (χ0v) is 11.0. The van der Waals surface area contributed by atoms with Crippen molar-refractivity contribution in [2.24, 2.45) is 11.7 Å². The molecule has 1 aromatic carbocycles. The Hall–Kier alpha value is -0.730. The van der Waals surface area contributed by atoms with Gasteiger partial charge >= 0.3 is 0 Å². The number of benzene rings is 1. The van der Waals surface area contributed by atoms with Gasteiger partial charge in [0.1, 0.15) is 5.75 Å². The SMILES string of the molecule is COc1c(C)cc(Cl)cc1CCC(C)CN. The number of aryl methyl sites for hydroxylation is 2. The van der Waals surface area contributed by atoms with Gasteiger partial charge in [-0.1, -0.05) is 18.5 Å². The highest BCUT2D eigenvalue weighted by molar-refractivity contribution is 6.30. The Kier molecular flexibility index (Phi) is 5.10. The molecule has 0 spiro atoms. The van der Waals surface area contributed by atoms with E-state index < -0.39 is 0 Å². The van der Waals surface area contributed by atoms with Gasteiger partial charge in [-0.3, -0.25) is 0 Å². The lowest BCUT2D eigenvalue weighted by Crippen LogP contribution is -2.11. The zero-order chi connectivity index (χ0) is 12.1. The molecule has 1 atom stereocenters. The predicted octanol–water partition coefficient (Wildman–Crippen LogP) is 3.18. The minimum atomic E-state index is 0.531. The Bertz CT molecular complexity index is 352. The van der Waals surface area contributed by atoms with E-state index >= 15 is 0 Å². The van der Waals surface area contributed by atoms with Crippen molar-refractivity contribution in [3.8, 4) is 5.75 Å². The summed E-state index contributed by atoms with van der Waals surface area (Å²) >= 11 is 6.05. The van der Waals surface area contributed by atoms with Crippen LogP contribution in [0.1, 0.15) is 24.5 Å².